The van der Waals surface area contributed by atoms with E-state index in [1.165, 1.54) is 18.6 Å². The van der Waals surface area contributed by atoms with Crippen LogP contribution in [0.1, 0.15) is 24.8 Å². The number of hydrogen-bond donors (Lipinski definition) is 1. The van der Waals surface area contributed by atoms with E-state index in [-0.39, 0.29) is 18.0 Å². The predicted molar refractivity (Wildman–Crippen MR) is 74.2 cm³/mol. The van der Waals surface area contributed by atoms with Gasteiger partial charge in [-0.05, 0) is 50.4 Å². The lowest BCUT2D eigenvalue weighted by atomic mass is 9.96. The van der Waals surface area contributed by atoms with Crippen LogP contribution in [0, 0.1) is 5.82 Å². The van der Waals surface area contributed by atoms with Crippen LogP contribution in [0.15, 0.2) is 22.7 Å². The molecule has 0 bridgehead atoms. The quantitative estimate of drug-likeness (QED) is 0.920. The van der Waals surface area contributed by atoms with Crippen molar-refractivity contribution in [1.82, 2.24) is 5.32 Å². The molecule has 1 saturated heterocycles. The van der Waals surface area contributed by atoms with Crippen molar-refractivity contribution in [3.8, 4) is 0 Å². The molecule has 0 spiro atoms. The first-order chi connectivity index (χ1) is 8.70. The summed E-state index contributed by atoms with van der Waals surface area (Å²) in [5.41, 5.74) is 1.12. The fraction of sp³-hybridized carbons (Fsp3) is 0.571. The summed E-state index contributed by atoms with van der Waals surface area (Å²) in [7, 11) is 1.96. The van der Waals surface area contributed by atoms with Gasteiger partial charge in [-0.15, -0.1) is 0 Å². The summed E-state index contributed by atoms with van der Waals surface area (Å²) in [6.07, 6.45) is 4.60. The molecular formula is C14H19BrFNO. The molecule has 1 aliphatic heterocycles. The van der Waals surface area contributed by atoms with Gasteiger partial charge in [-0.2, -0.15) is 0 Å². The van der Waals surface area contributed by atoms with Gasteiger partial charge < -0.3 is 10.1 Å². The van der Waals surface area contributed by atoms with Crippen molar-refractivity contribution >= 4 is 15.9 Å². The Morgan fingerprint density at radius 2 is 2.33 bits per heavy atom. The second-order valence-electron chi connectivity index (χ2n) is 4.74. The van der Waals surface area contributed by atoms with E-state index in [4.69, 9.17) is 4.74 Å². The molecule has 2 nitrogen and oxygen atoms in total. The fourth-order valence-corrected chi connectivity index (χ4v) is 2.94. The van der Waals surface area contributed by atoms with Crippen LogP contribution in [0.5, 0.6) is 0 Å². The summed E-state index contributed by atoms with van der Waals surface area (Å²) in [4.78, 5) is 0. The molecule has 0 radical (unpaired) electrons. The molecule has 100 valence electrons. The summed E-state index contributed by atoms with van der Waals surface area (Å²) in [6.45, 7) is 0.855. The van der Waals surface area contributed by atoms with Gasteiger partial charge >= 0.3 is 0 Å². The van der Waals surface area contributed by atoms with Gasteiger partial charge in [-0.1, -0.05) is 22.0 Å². The van der Waals surface area contributed by atoms with E-state index >= 15 is 0 Å². The van der Waals surface area contributed by atoms with Crippen LogP contribution in [-0.2, 0) is 11.2 Å². The largest absolute Gasteiger partial charge is 0.377 e. The third-order valence-electron chi connectivity index (χ3n) is 3.49. The van der Waals surface area contributed by atoms with Crippen molar-refractivity contribution in [3.05, 3.63) is 34.1 Å². The Morgan fingerprint density at radius 3 is 2.94 bits per heavy atom. The van der Waals surface area contributed by atoms with Gasteiger partial charge in [-0.25, -0.2) is 4.39 Å². The van der Waals surface area contributed by atoms with Crippen molar-refractivity contribution < 1.29 is 9.13 Å². The molecule has 4 heteroatoms. The number of halogens is 2. The average Bonchev–Trinajstić information content (AvgIpc) is 2.39. The van der Waals surface area contributed by atoms with E-state index in [2.05, 4.69) is 21.2 Å². The molecule has 0 aliphatic carbocycles. The van der Waals surface area contributed by atoms with E-state index in [9.17, 15) is 4.39 Å². The van der Waals surface area contributed by atoms with Gasteiger partial charge in [0.15, 0.2) is 0 Å². The molecule has 2 rings (SSSR count). The molecule has 1 heterocycles. The third kappa shape index (κ3) is 3.53. The van der Waals surface area contributed by atoms with Gasteiger partial charge in [0.25, 0.3) is 0 Å². The molecule has 1 aromatic carbocycles. The molecule has 18 heavy (non-hydrogen) atoms. The molecular weight excluding hydrogens is 297 g/mol. The third-order valence-corrected chi connectivity index (χ3v) is 4.23. The number of ether oxygens (including phenoxy) is 1. The highest BCUT2D eigenvalue weighted by atomic mass is 79.9. The summed E-state index contributed by atoms with van der Waals surface area (Å²) in [5, 5.41) is 3.32. The highest BCUT2D eigenvalue weighted by molar-refractivity contribution is 9.10. The minimum atomic E-state index is -0.208. The van der Waals surface area contributed by atoms with E-state index in [0.29, 0.717) is 0 Å². The highest BCUT2D eigenvalue weighted by Gasteiger charge is 2.24. The van der Waals surface area contributed by atoms with Crippen molar-refractivity contribution in [3.63, 3.8) is 0 Å². The van der Waals surface area contributed by atoms with Crippen molar-refractivity contribution in [2.45, 2.75) is 37.8 Å². The van der Waals surface area contributed by atoms with Gasteiger partial charge in [0.2, 0.25) is 0 Å². The van der Waals surface area contributed by atoms with Crippen LogP contribution in [0.4, 0.5) is 4.39 Å². The monoisotopic (exact) mass is 315 g/mol. The Balaban J connectivity index is 2.04. The zero-order chi connectivity index (χ0) is 13.0. The van der Waals surface area contributed by atoms with Crippen LogP contribution in [0.25, 0.3) is 0 Å². The number of nitrogens with one attached hydrogen (secondary N) is 1. The molecule has 1 aliphatic rings. The summed E-state index contributed by atoms with van der Waals surface area (Å²) in [6, 6.07) is 5.15. The Kier molecular flexibility index (Phi) is 5.15. The van der Waals surface area contributed by atoms with Crippen molar-refractivity contribution in [2.24, 2.45) is 0 Å². The van der Waals surface area contributed by atoms with Crippen LogP contribution in [-0.4, -0.2) is 25.8 Å². The lowest BCUT2D eigenvalue weighted by molar-refractivity contribution is -0.00590. The van der Waals surface area contributed by atoms with E-state index in [0.717, 1.165) is 35.9 Å². The minimum Gasteiger partial charge on any atom is -0.377 e. The SMILES string of the molecule is CNC(Cc1ccc(F)cc1Br)C1CCCCO1. The lowest BCUT2D eigenvalue weighted by Crippen LogP contribution is -2.42. The molecule has 1 aromatic rings. The van der Waals surface area contributed by atoms with Crippen LogP contribution >= 0.6 is 15.9 Å². The summed E-state index contributed by atoms with van der Waals surface area (Å²) < 4.78 is 19.7. The number of benzene rings is 1. The second kappa shape index (κ2) is 6.64. The van der Waals surface area contributed by atoms with E-state index in [1.54, 1.807) is 0 Å². The van der Waals surface area contributed by atoms with Gasteiger partial charge in [0.05, 0.1) is 6.10 Å². The number of likely N-dealkylation sites (N-methyl/N-ethyl adjacent to an activating group) is 1. The molecule has 1 N–H and O–H groups in total. The zero-order valence-corrected chi connectivity index (χ0v) is 12.2. The number of rotatable bonds is 4. The first-order valence-corrected chi connectivity index (χ1v) is 7.23. The predicted octanol–water partition coefficient (Wildman–Crippen LogP) is 3.29. The lowest BCUT2D eigenvalue weighted by Gasteiger charge is -2.30. The van der Waals surface area contributed by atoms with E-state index < -0.39 is 0 Å². The molecule has 2 unspecified atom stereocenters. The average molecular weight is 316 g/mol. The molecule has 0 amide bonds. The first kappa shape index (κ1) is 14.0. The van der Waals surface area contributed by atoms with Crippen molar-refractivity contribution in [1.29, 1.82) is 0 Å². The maximum Gasteiger partial charge on any atom is 0.124 e. The summed E-state index contributed by atoms with van der Waals surface area (Å²) >= 11 is 3.42. The van der Waals surface area contributed by atoms with E-state index in [1.807, 2.05) is 13.1 Å². The van der Waals surface area contributed by atoms with Crippen LogP contribution in [0.3, 0.4) is 0 Å². The zero-order valence-electron chi connectivity index (χ0n) is 10.6. The Labute approximate surface area is 116 Å². The first-order valence-electron chi connectivity index (χ1n) is 6.43. The Bertz CT molecular complexity index is 393. The maximum atomic E-state index is 13.1. The number of hydrogen-bond acceptors (Lipinski definition) is 2. The van der Waals surface area contributed by atoms with Crippen molar-refractivity contribution in [2.75, 3.05) is 13.7 Å². The normalized spacial score (nSPS) is 21.8. The smallest absolute Gasteiger partial charge is 0.124 e. The molecule has 1 fully saturated rings. The molecule has 0 saturated carbocycles. The topological polar surface area (TPSA) is 21.3 Å². The molecule has 2 atom stereocenters. The second-order valence-corrected chi connectivity index (χ2v) is 5.59. The molecule has 0 aromatic heterocycles. The summed E-state index contributed by atoms with van der Waals surface area (Å²) in [5.74, 6) is -0.208. The Morgan fingerprint density at radius 1 is 1.50 bits per heavy atom. The van der Waals surface area contributed by atoms with Gasteiger partial charge in [-0.3, -0.25) is 0 Å². The standard InChI is InChI=1S/C14H19BrFNO/c1-17-13(14-4-2-3-7-18-14)8-10-5-6-11(16)9-12(10)15/h5-6,9,13-14,17H,2-4,7-8H2,1H3. The fourth-order valence-electron chi connectivity index (χ4n) is 2.43. The van der Waals surface area contributed by atoms with Gasteiger partial charge in [0.1, 0.15) is 5.82 Å². The minimum absolute atomic E-state index is 0.208. The maximum absolute atomic E-state index is 13.1. The highest BCUT2D eigenvalue weighted by Crippen LogP contribution is 2.23. The van der Waals surface area contributed by atoms with Crippen LogP contribution < -0.4 is 5.32 Å². The Hall–Kier alpha value is -0.450. The van der Waals surface area contributed by atoms with Crippen LogP contribution in [0.2, 0.25) is 0 Å². The van der Waals surface area contributed by atoms with Gasteiger partial charge in [0, 0.05) is 17.1 Å².